The van der Waals surface area contributed by atoms with Crippen LogP contribution in [0.3, 0.4) is 0 Å². The van der Waals surface area contributed by atoms with Crippen molar-refractivity contribution >= 4 is 30.1 Å². The van der Waals surface area contributed by atoms with Crippen LogP contribution in [0.15, 0.2) is 70.6 Å². The van der Waals surface area contributed by atoms with Gasteiger partial charge in [0.15, 0.2) is 29.7 Å². The van der Waals surface area contributed by atoms with E-state index >= 15 is 4.79 Å². The molecule has 7 aliphatic rings. The molecule has 1 saturated carbocycles. The SMILES string of the molecule is COC(=O)N[C@H]1[C@@H](C)O[C@@H](O[C@H]2C/C=C(\C)[C@@H]3C=C[C@@H]4[C@@H](O[C@H]5C=C[C@@H](O)[C@H](C)O5)[C@@H](C)C[C@H](C)[C@H]4[C@]3(C)C(=O)C3=C(OC(C)=O)[C@@]4(CC(C=O)=C[C@H](O)[C@H]4C=C2C)OC3=O)C[C@]1(C)[N+](=O)[O-]. The standard InChI is InChI=1S/C49H64N2O16/c1-23-11-15-36(65-38-21-47(8,51(59)60)42(28(6)63-38)50-46(58)61-10)24(2)18-33-35(55)19-30(22-52)20-49(33)44(64-29(7)53)39(45(57)67-49)43(56)48(9)32(23)13-12-31-40(48)25(3)17-26(4)41(31)66-37-16-14-34(54)27(5)62-37/h11-14,16,18-19,22,25-28,31-38,40-42,54-55H,15,17,20-21H2,1-10H3,(H,50,58)/b23-11+,24-18?/t25-,26-,27-,28+,31-,32-,33+,34+,35-,36-,37-,38-,40+,41-,42-,47-,48+,49-/m0/s1. The van der Waals surface area contributed by atoms with Crippen LogP contribution in [-0.4, -0.2) is 119 Å². The van der Waals surface area contributed by atoms with Crippen molar-refractivity contribution in [3.05, 3.63) is 80.7 Å². The van der Waals surface area contributed by atoms with E-state index in [1.165, 1.54) is 13.0 Å². The van der Waals surface area contributed by atoms with Gasteiger partial charge in [0.2, 0.25) is 5.54 Å². The average Bonchev–Trinajstić information content (AvgIpc) is 3.52. The Bertz CT molecular complexity index is 2230. The molecule has 18 heteroatoms. The Kier molecular flexibility index (Phi) is 14.1. The number of nitrogens with zero attached hydrogens (tertiary/aromatic N) is 1. The fraction of sp³-hybridized carbons (Fsp3) is 0.653. The zero-order valence-electron chi connectivity index (χ0n) is 39.7. The molecule has 3 N–H and O–H groups in total. The number of rotatable bonds is 8. The normalized spacial score (nSPS) is 43.8. The number of allylic oxidation sites excluding steroid dienone is 2. The molecule has 366 valence electrons. The van der Waals surface area contributed by atoms with E-state index in [4.69, 9.17) is 33.2 Å². The van der Waals surface area contributed by atoms with E-state index in [-0.39, 0.29) is 36.7 Å². The zero-order valence-corrected chi connectivity index (χ0v) is 39.7. The lowest BCUT2D eigenvalue weighted by Gasteiger charge is -2.56. The molecule has 0 radical (unpaired) electrons. The topological polar surface area (TPSA) is 246 Å². The maximum Gasteiger partial charge on any atom is 0.407 e. The van der Waals surface area contributed by atoms with Crippen LogP contribution < -0.4 is 5.32 Å². The van der Waals surface area contributed by atoms with Gasteiger partial charge in [-0.15, -0.1) is 0 Å². The first kappa shape index (κ1) is 50.0. The molecule has 67 heavy (non-hydrogen) atoms. The number of esters is 2. The summed E-state index contributed by atoms with van der Waals surface area (Å²) >= 11 is 0. The summed E-state index contributed by atoms with van der Waals surface area (Å²) in [5.41, 5.74) is -4.56. The maximum absolute atomic E-state index is 16.0. The minimum atomic E-state index is -2.06. The molecule has 3 aliphatic heterocycles. The van der Waals surface area contributed by atoms with Gasteiger partial charge in [0.1, 0.15) is 17.9 Å². The number of hydrogen-bond acceptors (Lipinski definition) is 16. The third-order valence-corrected chi connectivity index (χ3v) is 15.5. The minimum Gasteiger partial charge on any atom is -0.453 e. The number of Topliss-reactive ketones (excluding diaryl/α,β-unsaturated/α-hetero) is 1. The number of ether oxygens (including phenoxy) is 7. The molecule has 7 rings (SSSR count). The summed E-state index contributed by atoms with van der Waals surface area (Å²) in [5.74, 6) is -5.97. The van der Waals surface area contributed by atoms with Gasteiger partial charge in [-0.25, -0.2) is 9.59 Å². The van der Waals surface area contributed by atoms with Gasteiger partial charge >= 0.3 is 18.0 Å². The number of alkyl carbamates (subject to hydrolysis) is 1. The van der Waals surface area contributed by atoms with Crippen molar-refractivity contribution in [1.82, 2.24) is 5.32 Å². The highest BCUT2D eigenvalue weighted by Crippen LogP contribution is 2.60. The van der Waals surface area contributed by atoms with Gasteiger partial charge in [-0.2, -0.15) is 0 Å². The molecule has 18 atom stereocenters. The van der Waals surface area contributed by atoms with Gasteiger partial charge in [-0.05, 0) is 81.6 Å². The predicted octanol–water partition coefficient (Wildman–Crippen LogP) is 4.90. The van der Waals surface area contributed by atoms with Gasteiger partial charge in [0, 0.05) is 42.4 Å². The van der Waals surface area contributed by atoms with E-state index in [2.05, 4.69) is 25.2 Å². The third-order valence-electron chi connectivity index (χ3n) is 15.5. The number of carbonyl (C=O) groups is 5. The molecule has 1 spiro atoms. The number of aldehydes is 1. The first-order valence-corrected chi connectivity index (χ1v) is 23.1. The highest BCUT2D eigenvalue weighted by Gasteiger charge is 2.65. The lowest BCUT2D eigenvalue weighted by molar-refractivity contribution is -0.584. The minimum absolute atomic E-state index is 0.0179. The Balaban J connectivity index is 1.40. The fourth-order valence-corrected chi connectivity index (χ4v) is 12.2. The molecule has 1 saturated heterocycles. The third kappa shape index (κ3) is 8.89. The Labute approximate surface area is 389 Å². The Morgan fingerprint density at radius 1 is 0.955 bits per heavy atom. The quantitative estimate of drug-likeness (QED) is 0.0557. The van der Waals surface area contributed by atoms with E-state index in [9.17, 15) is 39.5 Å². The summed E-state index contributed by atoms with van der Waals surface area (Å²) in [4.78, 5) is 81.0. The molecule has 0 aromatic heterocycles. The van der Waals surface area contributed by atoms with Crippen LogP contribution in [0.1, 0.15) is 88.0 Å². The number of aliphatic hydroxyl groups excluding tert-OH is 2. The largest absolute Gasteiger partial charge is 0.453 e. The molecule has 0 aromatic carbocycles. The Hall–Kier alpha value is -4.85. The summed E-state index contributed by atoms with van der Waals surface area (Å²) in [7, 11) is 1.15. The molecule has 4 aliphatic carbocycles. The lowest BCUT2D eigenvalue weighted by Crippen LogP contribution is -2.65. The number of nitrogens with one attached hydrogen (secondary N) is 1. The maximum atomic E-state index is 16.0. The lowest BCUT2D eigenvalue weighted by atomic mass is 9.48. The van der Waals surface area contributed by atoms with Gasteiger partial charge < -0.3 is 48.7 Å². The van der Waals surface area contributed by atoms with E-state index in [1.807, 2.05) is 26.0 Å². The van der Waals surface area contributed by atoms with Crippen molar-refractivity contribution in [2.75, 3.05) is 7.11 Å². The van der Waals surface area contributed by atoms with Gasteiger partial charge in [-0.3, -0.25) is 24.5 Å². The monoisotopic (exact) mass is 936 g/mol. The van der Waals surface area contributed by atoms with E-state index in [0.29, 0.717) is 18.3 Å². The summed E-state index contributed by atoms with van der Waals surface area (Å²) in [6.07, 6.45) is 4.72. The molecule has 18 nitrogen and oxygen atoms in total. The van der Waals surface area contributed by atoms with E-state index in [0.717, 1.165) is 19.6 Å². The number of aliphatic hydroxyl groups is 2. The smallest absolute Gasteiger partial charge is 0.407 e. The second-order valence-electron chi connectivity index (χ2n) is 20.0. The number of hydrogen-bond donors (Lipinski definition) is 3. The summed E-state index contributed by atoms with van der Waals surface area (Å²) in [6, 6.07) is -1.10. The number of fused-ring (bicyclic) bond motifs is 3. The molecule has 2 fully saturated rings. The highest BCUT2D eigenvalue weighted by atomic mass is 16.7. The molecule has 0 unspecified atom stereocenters. The summed E-state index contributed by atoms with van der Waals surface area (Å²) in [6.45, 7) is 15.4. The van der Waals surface area contributed by atoms with Crippen molar-refractivity contribution < 1.29 is 72.3 Å². The van der Waals surface area contributed by atoms with Crippen LogP contribution in [0.4, 0.5) is 4.79 Å². The number of methoxy groups -OCH3 is 1. The second kappa shape index (κ2) is 18.9. The fourth-order valence-electron chi connectivity index (χ4n) is 12.2. The van der Waals surface area contributed by atoms with Gasteiger partial charge in [0.25, 0.3) is 0 Å². The van der Waals surface area contributed by atoms with Gasteiger partial charge in [0.05, 0.1) is 56.1 Å². The van der Waals surface area contributed by atoms with E-state index in [1.54, 1.807) is 39.0 Å². The van der Waals surface area contributed by atoms with Gasteiger partial charge in [-0.1, -0.05) is 56.7 Å². The first-order chi connectivity index (χ1) is 31.5. The Morgan fingerprint density at radius 2 is 1.67 bits per heavy atom. The highest BCUT2D eigenvalue weighted by molar-refractivity contribution is 6.22. The van der Waals surface area contributed by atoms with Crippen LogP contribution in [0.25, 0.3) is 0 Å². The summed E-state index contributed by atoms with van der Waals surface area (Å²) in [5, 5.41) is 37.5. The second-order valence-corrected chi connectivity index (χ2v) is 20.0. The van der Waals surface area contributed by atoms with Crippen molar-refractivity contribution in [2.24, 2.45) is 40.9 Å². The van der Waals surface area contributed by atoms with Crippen molar-refractivity contribution in [1.29, 1.82) is 0 Å². The number of carbonyl (C=O) groups excluding carboxylic acids is 5. The molecule has 0 aromatic rings. The molecule has 2 bridgehead atoms. The summed E-state index contributed by atoms with van der Waals surface area (Å²) < 4.78 is 42.6. The van der Waals surface area contributed by atoms with Crippen LogP contribution in [0.2, 0.25) is 0 Å². The predicted molar refractivity (Wildman–Crippen MR) is 237 cm³/mol. The Morgan fingerprint density at radius 3 is 2.31 bits per heavy atom. The molecular weight excluding hydrogens is 873 g/mol. The average molecular weight is 937 g/mol. The van der Waals surface area contributed by atoms with Crippen LogP contribution >= 0.6 is 0 Å². The number of ketones is 1. The van der Waals surface area contributed by atoms with Crippen LogP contribution in [0, 0.1) is 51.0 Å². The first-order valence-electron chi connectivity index (χ1n) is 23.1. The van der Waals surface area contributed by atoms with Crippen molar-refractivity contribution in [3.8, 4) is 0 Å². The molecule has 3 heterocycles. The van der Waals surface area contributed by atoms with Crippen LogP contribution in [0.5, 0.6) is 0 Å². The number of nitro groups is 1. The molecule has 1 amide bonds. The molecular formula is C49H64N2O16. The van der Waals surface area contributed by atoms with Crippen LogP contribution in [-0.2, 0) is 52.3 Å². The van der Waals surface area contributed by atoms with Crippen molar-refractivity contribution in [2.45, 2.75) is 154 Å². The zero-order chi connectivity index (χ0) is 49.1. The van der Waals surface area contributed by atoms with Crippen molar-refractivity contribution in [3.63, 3.8) is 0 Å². The van der Waals surface area contributed by atoms with E-state index < -0.39 is 136 Å². The number of amides is 1.